The quantitative estimate of drug-likeness (QED) is 0.770. The Hall–Kier alpha value is -2.16. The van der Waals surface area contributed by atoms with E-state index in [1.807, 2.05) is 0 Å². The molecule has 9 heteroatoms. The van der Waals surface area contributed by atoms with Crippen molar-refractivity contribution in [1.82, 2.24) is 9.80 Å². The van der Waals surface area contributed by atoms with Crippen LogP contribution >= 0.6 is 0 Å². The lowest BCUT2D eigenvalue weighted by molar-refractivity contribution is -0.178. The van der Waals surface area contributed by atoms with Crippen molar-refractivity contribution in [1.29, 1.82) is 0 Å². The summed E-state index contributed by atoms with van der Waals surface area (Å²) in [6.07, 6.45) is -4.48. The lowest BCUT2D eigenvalue weighted by Gasteiger charge is -2.34. The summed E-state index contributed by atoms with van der Waals surface area (Å²) in [4.78, 5) is 26.9. The van der Waals surface area contributed by atoms with Crippen molar-refractivity contribution in [3.05, 3.63) is 35.1 Å². The fourth-order valence-corrected chi connectivity index (χ4v) is 2.41. The van der Waals surface area contributed by atoms with Gasteiger partial charge in [-0.1, -0.05) is 6.07 Å². The van der Waals surface area contributed by atoms with Crippen molar-refractivity contribution in [2.45, 2.75) is 13.1 Å². The highest BCUT2D eigenvalue weighted by Gasteiger charge is 2.29. The predicted octanol–water partition coefficient (Wildman–Crippen LogP) is 2.00. The highest BCUT2D eigenvalue weighted by Crippen LogP contribution is 2.15. The molecule has 0 unspecified atom stereocenters. The van der Waals surface area contributed by atoms with Crippen LogP contribution in [0.1, 0.15) is 15.9 Å². The number of piperazine rings is 1. The molecule has 1 fully saturated rings. The van der Waals surface area contributed by atoms with Gasteiger partial charge in [0.2, 0.25) is 5.91 Å². The van der Waals surface area contributed by atoms with Crippen molar-refractivity contribution in [2.24, 2.45) is 0 Å². The molecule has 2 rings (SSSR count). The Morgan fingerprint density at radius 2 is 1.72 bits per heavy atom. The second kappa shape index (κ2) is 7.81. The number of alkyl halides is 3. The summed E-state index contributed by atoms with van der Waals surface area (Å²) in [5.74, 6) is -1.38. The number of benzene rings is 1. The van der Waals surface area contributed by atoms with Crippen LogP contribution in [0.3, 0.4) is 0 Å². The van der Waals surface area contributed by atoms with Crippen molar-refractivity contribution >= 4 is 11.8 Å². The van der Waals surface area contributed by atoms with Crippen LogP contribution < -0.4 is 0 Å². The van der Waals surface area contributed by atoms with Crippen molar-refractivity contribution in [3.63, 3.8) is 0 Å². The molecular formula is C16H18F4N2O3. The van der Waals surface area contributed by atoms with Gasteiger partial charge in [0.15, 0.2) is 0 Å². The Morgan fingerprint density at radius 1 is 1.12 bits per heavy atom. The average molecular weight is 362 g/mol. The van der Waals surface area contributed by atoms with E-state index in [-0.39, 0.29) is 37.6 Å². The van der Waals surface area contributed by atoms with E-state index in [1.54, 1.807) is 6.92 Å². The van der Waals surface area contributed by atoms with Crippen LogP contribution in [0.25, 0.3) is 0 Å². The lowest BCUT2D eigenvalue weighted by atomic mass is 10.1. The summed E-state index contributed by atoms with van der Waals surface area (Å²) >= 11 is 0. The molecule has 5 nitrogen and oxygen atoms in total. The zero-order valence-corrected chi connectivity index (χ0v) is 13.6. The minimum absolute atomic E-state index is 0.189. The minimum atomic E-state index is -4.48. The molecule has 0 radical (unpaired) electrons. The van der Waals surface area contributed by atoms with E-state index in [2.05, 4.69) is 4.74 Å². The van der Waals surface area contributed by atoms with Crippen LogP contribution in [0.2, 0.25) is 0 Å². The SMILES string of the molecule is Cc1ccc(C(=O)N2CCN(C(=O)COCC(F)(F)F)CC2)cc1F. The van der Waals surface area contributed by atoms with Gasteiger partial charge in [0.05, 0.1) is 0 Å². The molecule has 1 aliphatic heterocycles. The molecule has 1 heterocycles. The van der Waals surface area contributed by atoms with Gasteiger partial charge >= 0.3 is 6.18 Å². The fourth-order valence-electron chi connectivity index (χ4n) is 2.41. The number of hydrogen-bond donors (Lipinski definition) is 0. The second-order valence-corrected chi connectivity index (χ2v) is 5.74. The van der Waals surface area contributed by atoms with E-state index in [1.165, 1.54) is 28.0 Å². The molecule has 1 aromatic carbocycles. The maximum atomic E-state index is 13.6. The van der Waals surface area contributed by atoms with Crippen LogP contribution in [0, 0.1) is 12.7 Å². The van der Waals surface area contributed by atoms with Gasteiger partial charge in [-0.3, -0.25) is 9.59 Å². The van der Waals surface area contributed by atoms with Crippen LogP contribution in [0.5, 0.6) is 0 Å². The summed E-state index contributed by atoms with van der Waals surface area (Å²) in [6.45, 7) is 0.281. The van der Waals surface area contributed by atoms with E-state index in [0.29, 0.717) is 5.56 Å². The molecule has 0 saturated carbocycles. The Morgan fingerprint density at radius 3 is 2.28 bits per heavy atom. The Kier molecular flexibility index (Phi) is 5.99. The van der Waals surface area contributed by atoms with Crippen LogP contribution in [0.15, 0.2) is 18.2 Å². The molecule has 0 atom stereocenters. The molecule has 25 heavy (non-hydrogen) atoms. The first kappa shape index (κ1) is 19.2. The van der Waals surface area contributed by atoms with Crippen molar-refractivity contribution < 1.29 is 31.9 Å². The van der Waals surface area contributed by atoms with E-state index < -0.39 is 31.1 Å². The number of hydrogen-bond acceptors (Lipinski definition) is 3. The molecule has 1 aliphatic rings. The van der Waals surface area contributed by atoms with E-state index >= 15 is 0 Å². The number of aryl methyl sites for hydroxylation is 1. The summed E-state index contributed by atoms with van der Waals surface area (Å²) in [7, 11) is 0. The highest BCUT2D eigenvalue weighted by molar-refractivity contribution is 5.94. The van der Waals surface area contributed by atoms with Crippen molar-refractivity contribution in [2.75, 3.05) is 39.4 Å². The number of carbonyl (C=O) groups excluding carboxylic acids is 2. The van der Waals surface area contributed by atoms with Crippen molar-refractivity contribution in [3.8, 4) is 0 Å². The van der Waals surface area contributed by atoms with Gasteiger partial charge in [-0.25, -0.2) is 4.39 Å². The topological polar surface area (TPSA) is 49.9 Å². The first-order valence-corrected chi connectivity index (χ1v) is 7.65. The summed E-state index contributed by atoms with van der Waals surface area (Å²) < 4.78 is 53.8. The smallest absolute Gasteiger partial charge is 0.362 e. The van der Waals surface area contributed by atoms with Gasteiger partial charge < -0.3 is 14.5 Å². The first-order valence-electron chi connectivity index (χ1n) is 7.65. The van der Waals surface area contributed by atoms with Gasteiger partial charge in [0.1, 0.15) is 19.0 Å². The molecule has 0 aliphatic carbocycles. The Bertz CT molecular complexity index is 641. The molecule has 2 amide bonds. The van der Waals surface area contributed by atoms with Gasteiger partial charge in [-0.05, 0) is 24.6 Å². The molecule has 0 N–H and O–H groups in total. The maximum Gasteiger partial charge on any atom is 0.411 e. The van der Waals surface area contributed by atoms with Gasteiger partial charge in [0, 0.05) is 31.7 Å². The second-order valence-electron chi connectivity index (χ2n) is 5.74. The third-order valence-corrected chi connectivity index (χ3v) is 3.83. The Balaban J connectivity index is 1.83. The van der Waals surface area contributed by atoms with Gasteiger partial charge in [-0.15, -0.1) is 0 Å². The summed E-state index contributed by atoms with van der Waals surface area (Å²) in [6, 6.07) is 4.21. The number of ether oxygens (including phenoxy) is 1. The third kappa shape index (κ3) is 5.42. The number of halogens is 4. The average Bonchev–Trinajstić information content (AvgIpc) is 2.55. The minimum Gasteiger partial charge on any atom is -0.362 e. The van der Waals surface area contributed by atoms with Crippen LogP contribution in [-0.4, -0.2) is 67.2 Å². The molecule has 0 bridgehead atoms. The third-order valence-electron chi connectivity index (χ3n) is 3.83. The summed E-state index contributed by atoms with van der Waals surface area (Å²) in [5.41, 5.74) is 0.655. The molecule has 0 aromatic heterocycles. The van der Waals surface area contributed by atoms with Gasteiger partial charge in [0.25, 0.3) is 5.91 Å². The number of rotatable bonds is 4. The molecular weight excluding hydrogens is 344 g/mol. The molecule has 1 aromatic rings. The summed E-state index contributed by atoms with van der Waals surface area (Å²) in [5, 5.41) is 0. The van der Waals surface area contributed by atoms with E-state index in [4.69, 9.17) is 0 Å². The highest BCUT2D eigenvalue weighted by atomic mass is 19.4. The normalized spacial score (nSPS) is 15.4. The number of amides is 2. The zero-order valence-electron chi connectivity index (χ0n) is 13.6. The Labute approximate surface area is 142 Å². The van der Waals surface area contributed by atoms with Crippen LogP contribution in [0.4, 0.5) is 17.6 Å². The monoisotopic (exact) mass is 362 g/mol. The standard InChI is InChI=1S/C16H18F4N2O3/c1-11-2-3-12(8-13(11)17)15(24)22-6-4-21(5-7-22)14(23)9-25-10-16(18,19)20/h2-3,8H,4-7,9-10H2,1H3. The van der Waals surface area contributed by atoms with Crippen LogP contribution in [-0.2, 0) is 9.53 Å². The number of nitrogens with zero attached hydrogens (tertiary/aromatic N) is 2. The molecule has 138 valence electrons. The number of carbonyl (C=O) groups is 2. The molecule has 0 spiro atoms. The largest absolute Gasteiger partial charge is 0.411 e. The molecule has 1 saturated heterocycles. The first-order chi connectivity index (χ1) is 11.7. The van der Waals surface area contributed by atoms with Gasteiger partial charge in [-0.2, -0.15) is 13.2 Å². The lowest BCUT2D eigenvalue weighted by Crippen LogP contribution is -2.51. The predicted molar refractivity (Wildman–Crippen MR) is 80.5 cm³/mol. The van der Waals surface area contributed by atoms with E-state index in [9.17, 15) is 27.2 Å². The maximum absolute atomic E-state index is 13.6. The fraction of sp³-hybridized carbons (Fsp3) is 0.500. The van der Waals surface area contributed by atoms with E-state index in [0.717, 1.165) is 0 Å². The zero-order chi connectivity index (χ0) is 18.6.